The SMILES string of the molecule is Cc1ccc(NC(=O)/C=C/c2ccc(OC(F)(F)F)cc2)cc1S(N)(=O)=O. The van der Waals surface area contributed by atoms with Gasteiger partial charge in [0.2, 0.25) is 15.9 Å². The lowest BCUT2D eigenvalue weighted by molar-refractivity contribution is -0.274. The third-order valence-electron chi connectivity index (χ3n) is 3.30. The summed E-state index contributed by atoms with van der Waals surface area (Å²) in [5, 5.41) is 7.58. The van der Waals surface area contributed by atoms with Crippen molar-refractivity contribution in [3.63, 3.8) is 0 Å². The van der Waals surface area contributed by atoms with E-state index >= 15 is 0 Å². The zero-order valence-corrected chi connectivity index (χ0v) is 14.8. The van der Waals surface area contributed by atoms with Crippen molar-refractivity contribution in [2.45, 2.75) is 18.2 Å². The molecule has 0 atom stereocenters. The molecule has 2 aromatic carbocycles. The molecule has 0 aromatic heterocycles. The van der Waals surface area contributed by atoms with Crippen LogP contribution in [-0.2, 0) is 14.8 Å². The summed E-state index contributed by atoms with van der Waals surface area (Å²) in [6, 6.07) is 9.16. The minimum atomic E-state index is -4.78. The van der Waals surface area contributed by atoms with E-state index < -0.39 is 22.3 Å². The van der Waals surface area contributed by atoms with Crippen LogP contribution >= 0.6 is 0 Å². The van der Waals surface area contributed by atoms with Crippen LogP contribution < -0.4 is 15.2 Å². The van der Waals surface area contributed by atoms with Crippen molar-refractivity contribution >= 4 is 27.7 Å². The molecule has 0 unspecified atom stereocenters. The second kappa shape index (κ2) is 7.80. The Labute approximate surface area is 153 Å². The van der Waals surface area contributed by atoms with Crippen LogP contribution in [0.4, 0.5) is 18.9 Å². The van der Waals surface area contributed by atoms with E-state index in [1.54, 1.807) is 6.92 Å². The fourth-order valence-electron chi connectivity index (χ4n) is 2.12. The van der Waals surface area contributed by atoms with Crippen LogP contribution in [0.15, 0.2) is 53.4 Å². The lowest BCUT2D eigenvalue weighted by Crippen LogP contribution is -2.16. The molecule has 0 radical (unpaired) electrons. The summed E-state index contributed by atoms with van der Waals surface area (Å²) in [6.45, 7) is 1.57. The first-order valence-corrected chi connectivity index (χ1v) is 8.97. The van der Waals surface area contributed by atoms with Gasteiger partial charge in [0.15, 0.2) is 0 Å². The Morgan fingerprint density at radius 1 is 1.15 bits per heavy atom. The van der Waals surface area contributed by atoms with Crippen LogP contribution in [0.3, 0.4) is 0 Å². The lowest BCUT2D eigenvalue weighted by Gasteiger charge is -2.08. The van der Waals surface area contributed by atoms with Gasteiger partial charge in [-0.25, -0.2) is 13.6 Å². The third kappa shape index (κ3) is 6.42. The number of sulfonamides is 1. The van der Waals surface area contributed by atoms with E-state index in [1.807, 2.05) is 0 Å². The number of carbonyl (C=O) groups is 1. The van der Waals surface area contributed by atoms with Gasteiger partial charge in [-0.3, -0.25) is 4.79 Å². The number of aryl methyl sites for hydroxylation is 1. The predicted molar refractivity (Wildman–Crippen MR) is 93.3 cm³/mol. The summed E-state index contributed by atoms with van der Waals surface area (Å²) in [7, 11) is -3.93. The maximum Gasteiger partial charge on any atom is 0.573 e. The monoisotopic (exact) mass is 400 g/mol. The zero-order chi connectivity index (χ0) is 20.2. The van der Waals surface area contributed by atoms with Gasteiger partial charge < -0.3 is 10.1 Å². The molecule has 0 aliphatic rings. The smallest absolute Gasteiger partial charge is 0.406 e. The summed E-state index contributed by atoms with van der Waals surface area (Å²) >= 11 is 0. The van der Waals surface area contributed by atoms with Crippen LogP contribution in [0.5, 0.6) is 5.75 Å². The number of benzene rings is 2. The second-order valence-electron chi connectivity index (χ2n) is 5.46. The number of alkyl halides is 3. The van der Waals surface area contributed by atoms with Crippen molar-refractivity contribution in [3.8, 4) is 5.75 Å². The minimum absolute atomic E-state index is 0.107. The fourth-order valence-corrected chi connectivity index (χ4v) is 2.93. The summed E-state index contributed by atoms with van der Waals surface area (Å²) in [5.41, 5.74) is 1.13. The Balaban J connectivity index is 2.05. The molecule has 2 rings (SSSR count). The average Bonchev–Trinajstić information content (AvgIpc) is 2.53. The first-order chi connectivity index (χ1) is 12.4. The van der Waals surface area contributed by atoms with Gasteiger partial charge in [-0.2, -0.15) is 0 Å². The minimum Gasteiger partial charge on any atom is -0.406 e. The van der Waals surface area contributed by atoms with Crippen molar-refractivity contribution in [1.82, 2.24) is 0 Å². The molecule has 0 bridgehead atoms. The van der Waals surface area contributed by atoms with E-state index in [0.29, 0.717) is 11.1 Å². The molecule has 0 fully saturated rings. The molecule has 0 spiro atoms. The summed E-state index contributed by atoms with van der Waals surface area (Å²) in [5.74, 6) is -0.936. The van der Waals surface area contributed by atoms with Gasteiger partial charge in [0, 0.05) is 11.8 Å². The standard InChI is InChI=1S/C17H15F3N2O4S/c1-11-2-6-13(10-15(11)27(21,24)25)22-16(23)9-5-12-3-7-14(8-4-12)26-17(18,19)20/h2-10H,1H3,(H,22,23)(H2,21,24,25)/b9-5+. The molecule has 0 saturated heterocycles. The van der Waals surface area contributed by atoms with Crippen LogP contribution in [0.25, 0.3) is 6.08 Å². The fraction of sp³-hybridized carbons (Fsp3) is 0.118. The van der Waals surface area contributed by atoms with Gasteiger partial charge in [-0.05, 0) is 48.4 Å². The molecule has 144 valence electrons. The number of hydrogen-bond donors (Lipinski definition) is 2. The van der Waals surface area contributed by atoms with Crippen molar-refractivity contribution in [2.24, 2.45) is 5.14 Å². The number of primary sulfonamides is 1. The Kier molecular flexibility index (Phi) is 5.91. The molecule has 2 aromatic rings. The molecule has 27 heavy (non-hydrogen) atoms. The first kappa shape index (κ1) is 20.5. The largest absolute Gasteiger partial charge is 0.573 e. The Hall–Kier alpha value is -2.85. The Morgan fingerprint density at radius 2 is 1.78 bits per heavy atom. The lowest BCUT2D eigenvalue weighted by atomic mass is 10.2. The zero-order valence-electron chi connectivity index (χ0n) is 13.9. The highest BCUT2D eigenvalue weighted by Crippen LogP contribution is 2.23. The second-order valence-corrected chi connectivity index (χ2v) is 6.99. The van der Waals surface area contributed by atoms with Gasteiger partial charge in [0.25, 0.3) is 0 Å². The summed E-state index contributed by atoms with van der Waals surface area (Å²) < 4.78 is 63.0. The predicted octanol–water partition coefficient (Wildman–Crippen LogP) is 3.19. The van der Waals surface area contributed by atoms with Crippen molar-refractivity contribution in [3.05, 3.63) is 59.7 Å². The average molecular weight is 400 g/mol. The molecule has 0 heterocycles. The highest BCUT2D eigenvalue weighted by atomic mass is 32.2. The van der Waals surface area contributed by atoms with Crippen LogP contribution in [-0.4, -0.2) is 20.7 Å². The molecule has 0 saturated carbocycles. The van der Waals surface area contributed by atoms with Gasteiger partial charge in [0.05, 0.1) is 4.90 Å². The number of carbonyl (C=O) groups excluding carboxylic acids is 1. The van der Waals surface area contributed by atoms with Gasteiger partial charge in [0.1, 0.15) is 5.75 Å². The molecule has 0 aliphatic carbocycles. The topological polar surface area (TPSA) is 98.5 Å². The molecular weight excluding hydrogens is 385 g/mol. The Bertz CT molecular complexity index is 969. The maximum absolute atomic E-state index is 12.1. The number of ether oxygens (including phenoxy) is 1. The number of amides is 1. The Morgan fingerprint density at radius 3 is 2.33 bits per heavy atom. The number of anilines is 1. The van der Waals surface area contributed by atoms with E-state index in [1.165, 1.54) is 36.4 Å². The van der Waals surface area contributed by atoms with E-state index in [9.17, 15) is 26.4 Å². The molecule has 0 aliphatic heterocycles. The first-order valence-electron chi connectivity index (χ1n) is 7.42. The van der Waals surface area contributed by atoms with E-state index in [4.69, 9.17) is 5.14 Å². The maximum atomic E-state index is 12.1. The number of hydrogen-bond acceptors (Lipinski definition) is 4. The highest BCUT2D eigenvalue weighted by Gasteiger charge is 2.30. The van der Waals surface area contributed by atoms with Crippen molar-refractivity contribution in [2.75, 3.05) is 5.32 Å². The van der Waals surface area contributed by atoms with E-state index in [-0.39, 0.29) is 16.3 Å². The number of nitrogens with two attached hydrogens (primary N) is 1. The van der Waals surface area contributed by atoms with Crippen molar-refractivity contribution < 1.29 is 31.1 Å². The quantitative estimate of drug-likeness (QED) is 0.753. The molecule has 10 heteroatoms. The van der Waals surface area contributed by atoms with Crippen LogP contribution in [0.2, 0.25) is 0 Å². The molecule has 3 N–H and O–H groups in total. The molecule has 1 amide bonds. The van der Waals surface area contributed by atoms with E-state index in [0.717, 1.165) is 18.2 Å². The third-order valence-corrected chi connectivity index (χ3v) is 4.36. The normalized spacial score (nSPS) is 12.2. The summed E-state index contributed by atoms with van der Waals surface area (Å²) in [6.07, 6.45) is -2.25. The summed E-state index contributed by atoms with van der Waals surface area (Å²) in [4.78, 5) is 11.8. The van der Waals surface area contributed by atoms with Crippen LogP contribution in [0, 0.1) is 6.92 Å². The number of nitrogens with one attached hydrogen (secondary N) is 1. The van der Waals surface area contributed by atoms with Gasteiger partial charge in [-0.1, -0.05) is 18.2 Å². The molecule has 6 nitrogen and oxygen atoms in total. The number of halogens is 3. The van der Waals surface area contributed by atoms with Gasteiger partial charge >= 0.3 is 6.36 Å². The number of rotatable bonds is 5. The van der Waals surface area contributed by atoms with Crippen molar-refractivity contribution in [1.29, 1.82) is 0 Å². The van der Waals surface area contributed by atoms with Crippen LogP contribution in [0.1, 0.15) is 11.1 Å². The highest BCUT2D eigenvalue weighted by molar-refractivity contribution is 7.89. The molecular formula is C17H15F3N2O4S. The van der Waals surface area contributed by atoms with Gasteiger partial charge in [-0.15, -0.1) is 13.2 Å². The van der Waals surface area contributed by atoms with E-state index in [2.05, 4.69) is 10.1 Å².